The molecule has 1 aromatic carbocycles. The topological polar surface area (TPSA) is 58.3 Å². The molecule has 5 heteroatoms. The lowest BCUT2D eigenvalue weighted by molar-refractivity contribution is 0.283. The number of nitrogen functional groups attached to an aromatic ring is 1. The van der Waals surface area contributed by atoms with E-state index in [0.29, 0.717) is 15.7 Å². The van der Waals surface area contributed by atoms with Gasteiger partial charge >= 0.3 is 0 Å². The van der Waals surface area contributed by atoms with Crippen molar-refractivity contribution in [3.8, 4) is 0 Å². The highest BCUT2D eigenvalue weighted by molar-refractivity contribution is 6.42. The molecule has 0 fully saturated rings. The van der Waals surface area contributed by atoms with Crippen LogP contribution in [0.25, 0.3) is 0 Å². The van der Waals surface area contributed by atoms with Gasteiger partial charge in [-0.15, -0.1) is 0 Å². The largest absolute Gasteiger partial charge is 0.397 e. The van der Waals surface area contributed by atoms with E-state index in [1.165, 1.54) is 0 Å². The van der Waals surface area contributed by atoms with E-state index in [1.54, 1.807) is 12.1 Å². The van der Waals surface area contributed by atoms with Gasteiger partial charge in [0.1, 0.15) is 0 Å². The summed E-state index contributed by atoms with van der Waals surface area (Å²) in [7, 11) is 0. The summed E-state index contributed by atoms with van der Waals surface area (Å²) in [6.07, 6.45) is 2.81. The summed E-state index contributed by atoms with van der Waals surface area (Å²) < 4.78 is 0. The Bertz CT molecular complexity index is 345. The lowest BCUT2D eigenvalue weighted by Gasteiger charge is -2.10. The molecule has 0 aliphatic carbocycles. The Morgan fingerprint density at radius 2 is 1.81 bits per heavy atom. The standard InChI is InChI=1S/C11H16Cl2N2O/c12-8-6-10(14)11(7-9(8)13)15-4-2-1-3-5-16/h6-7,15-16H,1-5,14H2. The molecule has 0 radical (unpaired) electrons. The zero-order valence-electron chi connectivity index (χ0n) is 8.97. The van der Waals surface area contributed by atoms with E-state index in [-0.39, 0.29) is 6.61 Å². The number of benzene rings is 1. The second-order valence-corrected chi connectivity index (χ2v) is 4.38. The number of halogens is 2. The molecule has 4 N–H and O–H groups in total. The van der Waals surface area contributed by atoms with Crippen molar-refractivity contribution in [1.29, 1.82) is 0 Å². The van der Waals surface area contributed by atoms with Crippen LogP contribution in [-0.2, 0) is 0 Å². The van der Waals surface area contributed by atoms with Crippen LogP contribution in [0.2, 0.25) is 10.0 Å². The first-order chi connectivity index (χ1) is 7.65. The van der Waals surface area contributed by atoms with E-state index in [4.69, 9.17) is 34.0 Å². The second kappa shape index (κ2) is 6.84. The lowest BCUT2D eigenvalue weighted by Crippen LogP contribution is -2.04. The van der Waals surface area contributed by atoms with Crippen molar-refractivity contribution in [3.63, 3.8) is 0 Å². The third-order valence-electron chi connectivity index (χ3n) is 2.24. The molecule has 1 aromatic rings. The molecule has 0 aliphatic heterocycles. The number of hydrogen-bond acceptors (Lipinski definition) is 3. The Kier molecular flexibility index (Phi) is 5.74. The predicted octanol–water partition coefficient (Wildman–Crippen LogP) is 3.15. The van der Waals surface area contributed by atoms with Gasteiger partial charge in [0.05, 0.1) is 21.4 Å². The zero-order valence-corrected chi connectivity index (χ0v) is 10.5. The molecular weight excluding hydrogens is 247 g/mol. The van der Waals surface area contributed by atoms with Crippen molar-refractivity contribution in [2.45, 2.75) is 19.3 Å². The van der Waals surface area contributed by atoms with Crippen molar-refractivity contribution in [2.24, 2.45) is 0 Å². The fourth-order valence-corrected chi connectivity index (χ4v) is 1.69. The normalized spacial score (nSPS) is 10.4. The molecule has 0 aliphatic rings. The van der Waals surface area contributed by atoms with Gasteiger partial charge in [-0.05, 0) is 31.4 Å². The quantitative estimate of drug-likeness (QED) is 0.545. The molecule has 16 heavy (non-hydrogen) atoms. The van der Waals surface area contributed by atoms with Gasteiger partial charge in [0, 0.05) is 13.2 Å². The molecule has 0 heterocycles. The van der Waals surface area contributed by atoms with Crippen LogP contribution < -0.4 is 11.1 Å². The number of aliphatic hydroxyl groups is 1. The van der Waals surface area contributed by atoms with Gasteiger partial charge in [0.15, 0.2) is 0 Å². The molecule has 0 saturated heterocycles. The minimum Gasteiger partial charge on any atom is -0.397 e. The van der Waals surface area contributed by atoms with Crippen LogP contribution in [0.1, 0.15) is 19.3 Å². The summed E-state index contributed by atoms with van der Waals surface area (Å²) in [6.45, 7) is 1.05. The van der Waals surface area contributed by atoms with E-state index in [2.05, 4.69) is 5.32 Å². The van der Waals surface area contributed by atoms with Gasteiger partial charge in [-0.3, -0.25) is 0 Å². The molecule has 90 valence electrons. The van der Waals surface area contributed by atoms with E-state index in [1.807, 2.05) is 0 Å². The van der Waals surface area contributed by atoms with Gasteiger partial charge in [-0.1, -0.05) is 23.2 Å². The van der Waals surface area contributed by atoms with Gasteiger partial charge in [0.2, 0.25) is 0 Å². The molecule has 3 nitrogen and oxygen atoms in total. The summed E-state index contributed by atoms with van der Waals surface area (Å²) in [5.41, 5.74) is 7.18. The molecule has 0 bridgehead atoms. The fourth-order valence-electron chi connectivity index (χ4n) is 1.35. The second-order valence-electron chi connectivity index (χ2n) is 3.56. The van der Waals surface area contributed by atoms with Crippen LogP contribution in [-0.4, -0.2) is 18.3 Å². The summed E-state index contributed by atoms with van der Waals surface area (Å²) in [4.78, 5) is 0. The number of nitrogens with one attached hydrogen (secondary N) is 1. The van der Waals surface area contributed by atoms with Crippen LogP contribution in [0.4, 0.5) is 11.4 Å². The monoisotopic (exact) mass is 262 g/mol. The Balaban J connectivity index is 2.45. The molecule has 1 rings (SSSR count). The van der Waals surface area contributed by atoms with Crippen molar-refractivity contribution in [1.82, 2.24) is 0 Å². The van der Waals surface area contributed by atoms with E-state index in [9.17, 15) is 0 Å². The maximum atomic E-state index is 8.62. The zero-order chi connectivity index (χ0) is 12.0. The Morgan fingerprint density at radius 1 is 1.12 bits per heavy atom. The van der Waals surface area contributed by atoms with Crippen LogP contribution >= 0.6 is 23.2 Å². The lowest BCUT2D eigenvalue weighted by atomic mass is 10.2. The van der Waals surface area contributed by atoms with Crippen LogP contribution in [0.3, 0.4) is 0 Å². The smallest absolute Gasteiger partial charge is 0.0614 e. The molecule has 0 spiro atoms. The number of rotatable bonds is 6. The summed E-state index contributed by atoms with van der Waals surface area (Å²) in [5, 5.41) is 12.8. The number of anilines is 2. The number of nitrogens with two attached hydrogens (primary N) is 1. The molecule has 0 unspecified atom stereocenters. The van der Waals surface area contributed by atoms with Crippen LogP contribution in [0.5, 0.6) is 0 Å². The highest BCUT2D eigenvalue weighted by Gasteiger charge is 2.04. The van der Waals surface area contributed by atoms with Gasteiger partial charge in [0.25, 0.3) is 0 Å². The first-order valence-corrected chi connectivity index (χ1v) is 6.00. The summed E-state index contributed by atoms with van der Waals surface area (Å²) >= 11 is 11.7. The van der Waals surface area contributed by atoms with Crippen LogP contribution in [0, 0.1) is 0 Å². The van der Waals surface area contributed by atoms with E-state index < -0.39 is 0 Å². The fraction of sp³-hybridized carbons (Fsp3) is 0.455. The van der Waals surface area contributed by atoms with Gasteiger partial charge in [-0.2, -0.15) is 0 Å². The van der Waals surface area contributed by atoms with E-state index in [0.717, 1.165) is 31.5 Å². The first kappa shape index (κ1) is 13.4. The maximum Gasteiger partial charge on any atom is 0.0614 e. The third-order valence-corrected chi connectivity index (χ3v) is 2.96. The molecule has 0 saturated carbocycles. The number of hydrogen-bond donors (Lipinski definition) is 3. The highest BCUT2D eigenvalue weighted by Crippen LogP contribution is 2.30. The SMILES string of the molecule is Nc1cc(Cl)c(Cl)cc1NCCCCCO. The third kappa shape index (κ3) is 4.08. The van der Waals surface area contributed by atoms with E-state index >= 15 is 0 Å². The number of aliphatic hydroxyl groups excluding tert-OH is 1. The van der Waals surface area contributed by atoms with Crippen molar-refractivity contribution in [3.05, 3.63) is 22.2 Å². The van der Waals surface area contributed by atoms with Crippen LogP contribution in [0.15, 0.2) is 12.1 Å². The minimum atomic E-state index is 0.245. The Hall–Kier alpha value is -0.640. The number of unbranched alkanes of at least 4 members (excludes halogenated alkanes) is 2. The van der Waals surface area contributed by atoms with Gasteiger partial charge in [-0.25, -0.2) is 0 Å². The van der Waals surface area contributed by atoms with Crippen molar-refractivity contribution < 1.29 is 5.11 Å². The molecule has 0 aromatic heterocycles. The molecular formula is C11H16Cl2N2O. The minimum absolute atomic E-state index is 0.245. The average Bonchev–Trinajstić information content (AvgIpc) is 2.25. The average molecular weight is 263 g/mol. The molecule has 0 atom stereocenters. The van der Waals surface area contributed by atoms with Crippen molar-refractivity contribution in [2.75, 3.05) is 24.2 Å². The maximum absolute atomic E-state index is 8.62. The Morgan fingerprint density at radius 3 is 2.50 bits per heavy atom. The molecule has 0 amide bonds. The summed E-state index contributed by atoms with van der Waals surface area (Å²) in [5.74, 6) is 0. The highest BCUT2D eigenvalue weighted by atomic mass is 35.5. The van der Waals surface area contributed by atoms with Crippen molar-refractivity contribution >= 4 is 34.6 Å². The Labute approximate surface area is 106 Å². The summed E-state index contributed by atoms with van der Waals surface area (Å²) in [6, 6.07) is 3.37. The van der Waals surface area contributed by atoms with Gasteiger partial charge < -0.3 is 16.2 Å². The first-order valence-electron chi connectivity index (χ1n) is 5.24. The predicted molar refractivity (Wildman–Crippen MR) is 70.3 cm³/mol.